The van der Waals surface area contributed by atoms with Crippen LogP contribution in [0.15, 0.2) is 30.3 Å². The quantitative estimate of drug-likeness (QED) is 0.879. The number of amides is 1. The Bertz CT molecular complexity index is 593. The average Bonchev–Trinajstić information content (AvgIpc) is 3.00. The lowest BCUT2D eigenvalue weighted by molar-refractivity contribution is -0.141. The van der Waals surface area contributed by atoms with Crippen molar-refractivity contribution in [1.82, 2.24) is 4.90 Å². The molecule has 4 nitrogen and oxygen atoms in total. The van der Waals surface area contributed by atoms with E-state index in [9.17, 15) is 4.79 Å². The summed E-state index contributed by atoms with van der Waals surface area (Å²) in [4.78, 5) is 14.7. The van der Waals surface area contributed by atoms with Gasteiger partial charge >= 0.3 is 0 Å². The van der Waals surface area contributed by atoms with E-state index in [1.165, 1.54) is 24.8 Å². The molecule has 4 heteroatoms. The van der Waals surface area contributed by atoms with Crippen molar-refractivity contribution in [3.8, 4) is 0 Å². The first-order valence-corrected chi connectivity index (χ1v) is 10.4. The summed E-state index contributed by atoms with van der Waals surface area (Å²) in [7, 11) is 0. The van der Waals surface area contributed by atoms with Gasteiger partial charge in [-0.1, -0.05) is 36.8 Å². The van der Waals surface area contributed by atoms with E-state index in [4.69, 9.17) is 10.5 Å². The van der Waals surface area contributed by atoms with Crippen molar-refractivity contribution in [1.29, 1.82) is 0 Å². The van der Waals surface area contributed by atoms with Crippen LogP contribution in [-0.4, -0.2) is 42.1 Å². The van der Waals surface area contributed by atoms with Crippen LogP contribution in [0.2, 0.25) is 0 Å². The zero-order chi connectivity index (χ0) is 17.9. The van der Waals surface area contributed by atoms with E-state index in [0.717, 1.165) is 38.6 Å². The molecular formula is C22H32N2O2. The van der Waals surface area contributed by atoms with Crippen molar-refractivity contribution >= 4 is 5.91 Å². The smallest absolute Gasteiger partial charge is 0.226 e. The van der Waals surface area contributed by atoms with E-state index in [1.54, 1.807) is 0 Å². The van der Waals surface area contributed by atoms with Crippen LogP contribution in [-0.2, 0) is 9.53 Å². The van der Waals surface area contributed by atoms with Crippen LogP contribution in [0.5, 0.6) is 0 Å². The van der Waals surface area contributed by atoms with E-state index in [1.807, 2.05) is 4.90 Å². The maximum absolute atomic E-state index is 12.6. The number of carbonyl (C=O) groups excluding carboxylic acids is 1. The summed E-state index contributed by atoms with van der Waals surface area (Å²) in [5, 5.41) is 0. The molecule has 2 unspecified atom stereocenters. The summed E-state index contributed by atoms with van der Waals surface area (Å²) in [5.74, 6) is 1.25. The Balaban J connectivity index is 1.26. The lowest BCUT2D eigenvalue weighted by atomic mass is 9.83. The summed E-state index contributed by atoms with van der Waals surface area (Å²) in [6.07, 6.45) is 9.14. The molecule has 142 valence electrons. The van der Waals surface area contributed by atoms with Crippen LogP contribution in [0, 0.1) is 5.92 Å². The molecule has 2 N–H and O–H groups in total. The fraction of sp³-hybridized carbons (Fsp3) is 0.682. The first-order chi connectivity index (χ1) is 12.7. The summed E-state index contributed by atoms with van der Waals surface area (Å²) >= 11 is 0. The molecule has 1 aliphatic heterocycles. The van der Waals surface area contributed by atoms with Gasteiger partial charge in [0.1, 0.15) is 0 Å². The fourth-order valence-electron chi connectivity index (χ4n) is 4.78. The van der Waals surface area contributed by atoms with Crippen LogP contribution in [0.3, 0.4) is 0 Å². The molecule has 3 aliphatic rings. The molecule has 1 saturated heterocycles. The minimum absolute atomic E-state index is 0.0692. The number of nitrogens with zero attached hydrogens (tertiary/aromatic N) is 1. The first kappa shape index (κ1) is 18.0. The van der Waals surface area contributed by atoms with E-state index in [-0.39, 0.29) is 18.0 Å². The van der Waals surface area contributed by atoms with E-state index >= 15 is 0 Å². The van der Waals surface area contributed by atoms with Gasteiger partial charge in [0.05, 0.1) is 18.8 Å². The molecule has 1 aromatic carbocycles. The lowest BCUT2D eigenvalue weighted by Crippen LogP contribution is -2.49. The van der Waals surface area contributed by atoms with Gasteiger partial charge < -0.3 is 15.4 Å². The third-order valence-electron chi connectivity index (χ3n) is 6.78. The molecule has 0 aromatic heterocycles. The molecule has 1 heterocycles. The van der Waals surface area contributed by atoms with E-state index in [0.29, 0.717) is 24.5 Å². The third-order valence-corrected chi connectivity index (χ3v) is 6.78. The van der Waals surface area contributed by atoms with Gasteiger partial charge in [-0.15, -0.1) is 0 Å². The monoisotopic (exact) mass is 356 g/mol. The third kappa shape index (κ3) is 3.81. The maximum atomic E-state index is 12.6. The molecule has 0 bridgehead atoms. The number of carbonyl (C=O) groups is 1. The van der Waals surface area contributed by atoms with Gasteiger partial charge in [0, 0.05) is 18.5 Å². The van der Waals surface area contributed by atoms with Gasteiger partial charge in [-0.05, 0) is 56.4 Å². The van der Waals surface area contributed by atoms with Crippen molar-refractivity contribution in [2.75, 3.05) is 13.2 Å². The fourth-order valence-corrected chi connectivity index (χ4v) is 4.78. The average molecular weight is 357 g/mol. The Morgan fingerprint density at radius 3 is 2.42 bits per heavy atom. The zero-order valence-corrected chi connectivity index (χ0v) is 15.7. The van der Waals surface area contributed by atoms with Crippen molar-refractivity contribution in [3.63, 3.8) is 0 Å². The molecule has 26 heavy (non-hydrogen) atoms. The largest absolute Gasteiger partial charge is 0.376 e. The maximum Gasteiger partial charge on any atom is 0.226 e. The molecule has 2 atom stereocenters. The SMILES string of the molecule is NC1CCN(C(=O)C2CCC2)C1COC1CCC(c2ccccc2)CC1. The normalized spacial score (nSPS) is 32.4. The Morgan fingerprint density at radius 2 is 1.77 bits per heavy atom. The molecule has 0 radical (unpaired) electrons. The topological polar surface area (TPSA) is 55.6 Å². The highest BCUT2D eigenvalue weighted by molar-refractivity contribution is 5.80. The number of hydrogen-bond acceptors (Lipinski definition) is 3. The number of hydrogen-bond donors (Lipinski definition) is 1. The Kier molecular flexibility index (Phi) is 5.60. The van der Waals surface area contributed by atoms with Crippen LogP contribution in [0.4, 0.5) is 0 Å². The molecule has 1 amide bonds. The second kappa shape index (κ2) is 8.10. The van der Waals surface area contributed by atoms with Gasteiger partial charge in [-0.25, -0.2) is 0 Å². The number of nitrogens with two attached hydrogens (primary N) is 1. The van der Waals surface area contributed by atoms with Gasteiger partial charge in [0.25, 0.3) is 0 Å². The van der Waals surface area contributed by atoms with Crippen LogP contribution in [0.25, 0.3) is 0 Å². The predicted molar refractivity (Wildman–Crippen MR) is 103 cm³/mol. The van der Waals surface area contributed by atoms with Crippen molar-refractivity contribution in [2.45, 2.75) is 75.5 Å². The predicted octanol–water partition coefficient (Wildman–Crippen LogP) is 3.46. The van der Waals surface area contributed by atoms with Crippen LogP contribution >= 0.6 is 0 Å². The van der Waals surface area contributed by atoms with Crippen LogP contribution in [0.1, 0.15) is 62.8 Å². The standard InChI is InChI=1S/C22H32N2O2/c23-20-13-14-24(22(25)18-7-4-8-18)21(20)15-26-19-11-9-17(10-12-19)16-5-2-1-3-6-16/h1-3,5-6,17-21H,4,7-15,23H2. The van der Waals surface area contributed by atoms with E-state index in [2.05, 4.69) is 30.3 Å². The number of ether oxygens (including phenoxy) is 1. The van der Waals surface area contributed by atoms with E-state index < -0.39 is 0 Å². The van der Waals surface area contributed by atoms with Gasteiger partial charge in [0.15, 0.2) is 0 Å². The minimum Gasteiger partial charge on any atom is -0.376 e. The molecule has 4 rings (SSSR count). The van der Waals surface area contributed by atoms with Gasteiger partial charge in [0.2, 0.25) is 5.91 Å². The number of rotatable bonds is 5. The summed E-state index contributed by atoms with van der Waals surface area (Å²) in [6.45, 7) is 1.42. The molecule has 2 aliphatic carbocycles. The minimum atomic E-state index is 0.0692. The highest BCUT2D eigenvalue weighted by atomic mass is 16.5. The highest BCUT2D eigenvalue weighted by Crippen LogP contribution is 2.35. The Hall–Kier alpha value is -1.39. The van der Waals surface area contributed by atoms with Crippen molar-refractivity contribution in [3.05, 3.63) is 35.9 Å². The van der Waals surface area contributed by atoms with Crippen molar-refractivity contribution < 1.29 is 9.53 Å². The van der Waals surface area contributed by atoms with Crippen LogP contribution < -0.4 is 5.73 Å². The highest BCUT2D eigenvalue weighted by Gasteiger charge is 2.39. The number of likely N-dealkylation sites (tertiary alicyclic amines) is 1. The van der Waals surface area contributed by atoms with Gasteiger partial charge in [-0.2, -0.15) is 0 Å². The molecule has 2 saturated carbocycles. The summed E-state index contributed by atoms with van der Waals surface area (Å²) < 4.78 is 6.26. The first-order valence-electron chi connectivity index (χ1n) is 10.4. The molecule has 1 aromatic rings. The molecular weight excluding hydrogens is 324 g/mol. The molecule has 0 spiro atoms. The number of benzene rings is 1. The second-order valence-corrected chi connectivity index (χ2v) is 8.40. The molecule has 3 fully saturated rings. The summed E-state index contributed by atoms with van der Waals surface area (Å²) in [5.41, 5.74) is 7.77. The zero-order valence-electron chi connectivity index (χ0n) is 15.7. The summed E-state index contributed by atoms with van der Waals surface area (Å²) in [6, 6.07) is 11.0. The Morgan fingerprint density at radius 1 is 1.04 bits per heavy atom. The van der Waals surface area contributed by atoms with Crippen molar-refractivity contribution in [2.24, 2.45) is 11.7 Å². The Labute approximate surface area is 157 Å². The lowest BCUT2D eigenvalue weighted by Gasteiger charge is -2.35. The second-order valence-electron chi connectivity index (χ2n) is 8.40. The van der Waals surface area contributed by atoms with Gasteiger partial charge in [-0.3, -0.25) is 4.79 Å².